The quantitative estimate of drug-likeness (QED) is 0.584. The van der Waals surface area contributed by atoms with Crippen LogP contribution in [0.2, 0.25) is 0 Å². The average molecular weight is 135 g/mol. The lowest BCUT2D eigenvalue weighted by molar-refractivity contribution is 0.627. The maximum Gasteiger partial charge on any atom is 0.123 e. The average Bonchev–Trinajstić information content (AvgIpc) is 1.95. The van der Waals surface area contributed by atoms with Crippen molar-refractivity contribution in [2.75, 3.05) is 0 Å². The highest BCUT2D eigenvalue weighted by Crippen LogP contribution is 2.02. The minimum Gasteiger partial charge on any atom is -0.207 e. The van der Waals surface area contributed by atoms with Gasteiger partial charge in [-0.2, -0.15) is 0 Å². The summed E-state index contributed by atoms with van der Waals surface area (Å²) in [5, 5.41) is 0. The van der Waals surface area contributed by atoms with Crippen molar-refractivity contribution < 1.29 is 4.39 Å². The largest absolute Gasteiger partial charge is 0.207 e. The Morgan fingerprint density at radius 2 is 1.90 bits per heavy atom. The van der Waals surface area contributed by atoms with Gasteiger partial charge in [-0.3, -0.25) is 0 Å². The van der Waals surface area contributed by atoms with Crippen LogP contribution in [0, 0.1) is 12.4 Å². The van der Waals surface area contributed by atoms with E-state index in [-0.39, 0.29) is 5.82 Å². The van der Waals surface area contributed by atoms with Crippen molar-refractivity contribution in [1.82, 2.24) is 0 Å². The van der Waals surface area contributed by atoms with Gasteiger partial charge in [0.05, 0.1) is 0 Å². The molecule has 51 valence electrons. The second kappa shape index (κ2) is 3.16. The highest BCUT2D eigenvalue weighted by Gasteiger charge is 1.88. The van der Waals surface area contributed by atoms with Crippen molar-refractivity contribution in [3.8, 4) is 0 Å². The zero-order valence-electron chi connectivity index (χ0n) is 5.55. The summed E-state index contributed by atoms with van der Waals surface area (Å²) >= 11 is 0. The van der Waals surface area contributed by atoms with Crippen LogP contribution in [0.25, 0.3) is 0 Å². The van der Waals surface area contributed by atoms with E-state index in [9.17, 15) is 4.39 Å². The van der Waals surface area contributed by atoms with Crippen LogP contribution in [0.4, 0.5) is 4.39 Å². The SMILES string of the molecule is [CH]=CCc1ccc(F)cc1. The molecule has 0 bridgehead atoms. The summed E-state index contributed by atoms with van der Waals surface area (Å²) in [6.07, 6.45) is 2.24. The van der Waals surface area contributed by atoms with Gasteiger partial charge >= 0.3 is 0 Å². The minimum absolute atomic E-state index is 0.208. The molecule has 0 aromatic heterocycles. The van der Waals surface area contributed by atoms with Crippen LogP contribution in [-0.4, -0.2) is 0 Å². The van der Waals surface area contributed by atoms with Crippen LogP contribution in [0.15, 0.2) is 30.3 Å². The number of benzene rings is 1. The van der Waals surface area contributed by atoms with Crippen molar-refractivity contribution >= 4 is 0 Å². The molecule has 1 radical (unpaired) electrons. The standard InChI is InChI=1S/C9H8F/c1-2-3-8-4-6-9(10)7-5-8/h1-2,4-7H,3H2. The molecule has 1 aromatic rings. The van der Waals surface area contributed by atoms with Crippen molar-refractivity contribution in [2.45, 2.75) is 6.42 Å². The molecule has 0 saturated carbocycles. The van der Waals surface area contributed by atoms with E-state index in [0.717, 1.165) is 5.56 Å². The maximum absolute atomic E-state index is 12.3. The molecule has 0 atom stereocenters. The molecule has 0 nitrogen and oxygen atoms in total. The number of hydrogen-bond acceptors (Lipinski definition) is 0. The summed E-state index contributed by atoms with van der Waals surface area (Å²) in [6, 6.07) is 6.30. The lowest BCUT2D eigenvalue weighted by Gasteiger charge is -1.93. The monoisotopic (exact) mass is 135 g/mol. The summed E-state index contributed by atoms with van der Waals surface area (Å²) in [5.41, 5.74) is 1.03. The van der Waals surface area contributed by atoms with E-state index in [1.54, 1.807) is 18.2 Å². The normalized spacial score (nSPS) is 9.30. The predicted octanol–water partition coefficient (Wildman–Crippen LogP) is 2.36. The fourth-order valence-corrected chi connectivity index (χ4v) is 0.757. The maximum atomic E-state index is 12.3. The Bertz CT molecular complexity index is 211. The van der Waals surface area contributed by atoms with Gasteiger partial charge in [0.25, 0.3) is 0 Å². The molecule has 0 N–H and O–H groups in total. The second-order valence-corrected chi connectivity index (χ2v) is 2.07. The predicted molar refractivity (Wildman–Crippen MR) is 39.0 cm³/mol. The third-order valence-electron chi connectivity index (χ3n) is 1.27. The second-order valence-electron chi connectivity index (χ2n) is 2.07. The number of rotatable bonds is 2. The molecule has 0 heterocycles. The van der Waals surface area contributed by atoms with Crippen LogP contribution in [-0.2, 0) is 6.42 Å². The van der Waals surface area contributed by atoms with E-state index < -0.39 is 0 Å². The smallest absolute Gasteiger partial charge is 0.123 e. The summed E-state index contributed by atoms with van der Waals surface area (Å²) in [5.74, 6) is -0.208. The first kappa shape index (κ1) is 7.00. The van der Waals surface area contributed by atoms with Gasteiger partial charge in [0.1, 0.15) is 5.82 Å². The fourth-order valence-electron chi connectivity index (χ4n) is 0.757. The molecule has 0 amide bonds. The number of halogens is 1. The van der Waals surface area contributed by atoms with Crippen molar-refractivity contribution in [3.63, 3.8) is 0 Å². The van der Waals surface area contributed by atoms with Crippen LogP contribution in [0.5, 0.6) is 0 Å². The Balaban J connectivity index is 2.78. The molecule has 0 fully saturated rings. The molecule has 0 aliphatic rings. The van der Waals surface area contributed by atoms with E-state index in [2.05, 4.69) is 0 Å². The third-order valence-corrected chi connectivity index (χ3v) is 1.27. The van der Waals surface area contributed by atoms with E-state index in [0.29, 0.717) is 6.42 Å². The molecular formula is C9H8F. The molecule has 1 heteroatoms. The zero-order chi connectivity index (χ0) is 7.40. The first-order chi connectivity index (χ1) is 4.83. The molecule has 0 saturated heterocycles. The van der Waals surface area contributed by atoms with Crippen LogP contribution < -0.4 is 0 Å². The minimum atomic E-state index is -0.208. The van der Waals surface area contributed by atoms with E-state index >= 15 is 0 Å². The van der Waals surface area contributed by atoms with E-state index in [1.807, 2.05) is 0 Å². The summed E-state index contributed by atoms with van der Waals surface area (Å²) in [4.78, 5) is 0. The van der Waals surface area contributed by atoms with Gasteiger partial charge in [-0.1, -0.05) is 24.8 Å². The summed E-state index contributed by atoms with van der Waals surface area (Å²) < 4.78 is 12.3. The Kier molecular flexibility index (Phi) is 2.21. The van der Waals surface area contributed by atoms with Crippen molar-refractivity contribution in [1.29, 1.82) is 0 Å². The van der Waals surface area contributed by atoms with Crippen molar-refractivity contribution in [3.05, 3.63) is 48.3 Å². The lowest BCUT2D eigenvalue weighted by Crippen LogP contribution is -1.79. The molecule has 0 aliphatic heterocycles. The van der Waals surface area contributed by atoms with E-state index in [1.165, 1.54) is 12.1 Å². The molecule has 0 unspecified atom stereocenters. The van der Waals surface area contributed by atoms with Crippen LogP contribution in [0.3, 0.4) is 0 Å². The van der Waals surface area contributed by atoms with Crippen molar-refractivity contribution in [2.24, 2.45) is 0 Å². The lowest BCUT2D eigenvalue weighted by atomic mass is 10.1. The summed E-state index contributed by atoms with van der Waals surface area (Å²) in [7, 11) is 0. The first-order valence-corrected chi connectivity index (χ1v) is 3.11. The zero-order valence-corrected chi connectivity index (χ0v) is 5.55. The van der Waals surface area contributed by atoms with Gasteiger partial charge < -0.3 is 0 Å². The van der Waals surface area contributed by atoms with Crippen LogP contribution in [0.1, 0.15) is 5.56 Å². The Morgan fingerprint density at radius 1 is 1.30 bits per heavy atom. The highest BCUT2D eigenvalue weighted by atomic mass is 19.1. The number of allylic oxidation sites excluding steroid dienone is 1. The molecular weight excluding hydrogens is 127 g/mol. The molecule has 1 aromatic carbocycles. The molecule has 0 aliphatic carbocycles. The van der Waals surface area contributed by atoms with Gasteiger partial charge in [0.15, 0.2) is 0 Å². The molecule has 10 heavy (non-hydrogen) atoms. The fraction of sp³-hybridized carbons (Fsp3) is 0.111. The molecule has 1 rings (SSSR count). The number of hydrogen-bond donors (Lipinski definition) is 0. The molecule has 0 spiro atoms. The highest BCUT2D eigenvalue weighted by molar-refractivity contribution is 5.17. The first-order valence-electron chi connectivity index (χ1n) is 3.11. The van der Waals surface area contributed by atoms with Gasteiger partial charge in [-0.05, 0) is 24.1 Å². The van der Waals surface area contributed by atoms with Gasteiger partial charge in [0, 0.05) is 0 Å². The third kappa shape index (κ3) is 1.69. The Labute approximate surface area is 60.0 Å². The topological polar surface area (TPSA) is 0 Å². The van der Waals surface area contributed by atoms with Crippen LogP contribution >= 0.6 is 0 Å². The Hall–Kier alpha value is -1.11. The Morgan fingerprint density at radius 3 is 2.40 bits per heavy atom. The van der Waals surface area contributed by atoms with Gasteiger partial charge in [0.2, 0.25) is 0 Å². The van der Waals surface area contributed by atoms with E-state index in [4.69, 9.17) is 6.58 Å². The van der Waals surface area contributed by atoms with Gasteiger partial charge in [-0.25, -0.2) is 4.39 Å². The summed E-state index contributed by atoms with van der Waals surface area (Å²) in [6.45, 7) is 5.18. The van der Waals surface area contributed by atoms with Gasteiger partial charge in [-0.15, -0.1) is 0 Å².